The summed E-state index contributed by atoms with van der Waals surface area (Å²) in [7, 11) is 3.38. The summed E-state index contributed by atoms with van der Waals surface area (Å²) < 4.78 is 16.5. The quantitative estimate of drug-likeness (QED) is 0.151. The van der Waals surface area contributed by atoms with Crippen LogP contribution in [0.1, 0.15) is 55.1 Å². The smallest absolute Gasteiger partial charge is 0.333 e. The number of unbranched alkanes of at least 4 members (excludes halogenated alkanes) is 1. The Morgan fingerprint density at radius 1 is 0.974 bits per heavy atom. The van der Waals surface area contributed by atoms with E-state index in [0.29, 0.717) is 36.6 Å². The van der Waals surface area contributed by atoms with E-state index in [1.54, 1.807) is 45.0 Å². The predicted molar refractivity (Wildman–Crippen MR) is 151 cm³/mol. The Balaban J connectivity index is 1.86. The summed E-state index contributed by atoms with van der Waals surface area (Å²) in [5.74, 6) is 0.996. The van der Waals surface area contributed by atoms with Gasteiger partial charge in [0.1, 0.15) is 11.5 Å². The van der Waals surface area contributed by atoms with E-state index in [9.17, 15) is 9.59 Å². The van der Waals surface area contributed by atoms with Crippen molar-refractivity contribution in [3.05, 3.63) is 89.0 Å². The van der Waals surface area contributed by atoms with Crippen molar-refractivity contribution >= 4 is 18.0 Å². The number of ether oxygens (including phenoxy) is 3. The van der Waals surface area contributed by atoms with Crippen LogP contribution >= 0.6 is 0 Å². The van der Waals surface area contributed by atoms with Crippen LogP contribution < -0.4 is 9.47 Å². The molecule has 3 aromatic rings. The summed E-state index contributed by atoms with van der Waals surface area (Å²) in [5, 5.41) is 0. The van der Waals surface area contributed by atoms with Crippen LogP contribution in [-0.4, -0.2) is 44.1 Å². The van der Waals surface area contributed by atoms with Gasteiger partial charge in [0, 0.05) is 30.3 Å². The first-order valence-corrected chi connectivity index (χ1v) is 13.0. The minimum atomic E-state index is -0.328. The number of esters is 1. The van der Waals surface area contributed by atoms with E-state index in [1.165, 1.54) is 0 Å². The zero-order valence-corrected chi connectivity index (χ0v) is 23.0. The second-order valence-electron chi connectivity index (χ2n) is 9.10. The molecule has 0 atom stereocenters. The average molecular weight is 516 g/mol. The third-order valence-electron chi connectivity index (χ3n) is 6.06. The number of methoxy groups -OCH3 is 1. The molecule has 3 aromatic carbocycles. The molecule has 6 nitrogen and oxygen atoms in total. The summed E-state index contributed by atoms with van der Waals surface area (Å²) in [4.78, 5) is 26.8. The van der Waals surface area contributed by atoms with Crippen LogP contribution in [0.5, 0.6) is 11.5 Å². The van der Waals surface area contributed by atoms with Gasteiger partial charge < -0.3 is 19.1 Å². The van der Waals surface area contributed by atoms with Gasteiger partial charge in [0.2, 0.25) is 0 Å². The Kier molecular flexibility index (Phi) is 10.5. The Morgan fingerprint density at radius 3 is 2.50 bits per heavy atom. The Morgan fingerprint density at radius 2 is 1.76 bits per heavy atom. The van der Waals surface area contributed by atoms with Crippen LogP contribution in [0.4, 0.5) is 0 Å². The van der Waals surface area contributed by atoms with E-state index >= 15 is 0 Å². The fourth-order valence-corrected chi connectivity index (χ4v) is 4.03. The number of carbonyl (C=O) groups excluding carboxylic acids is 2. The van der Waals surface area contributed by atoms with Crippen molar-refractivity contribution in [2.75, 3.05) is 27.4 Å². The van der Waals surface area contributed by atoms with E-state index in [-0.39, 0.29) is 11.9 Å². The first-order valence-electron chi connectivity index (χ1n) is 13.0. The third-order valence-corrected chi connectivity index (χ3v) is 6.06. The molecule has 200 valence electrons. The topological polar surface area (TPSA) is 65.1 Å². The van der Waals surface area contributed by atoms with E-state index in [4.69, 9.17) is 14.2 Å². The van der Waals surface area contributed by atoms with Crippen molar-refractivity contribution in [1.29, 1.82) is 0 Å². The van der Waals surface area contributed by atoms with Gasteiger partial charge >= 0.3 is 5.97 Å². The van der Waals surface area contributed by atoms with Crippen molar-refractivity contribution in [2.45, 2.75) is 40.2 Å². The van der Waals surface area contributed by atoms with Crippen molar-refractivity contribution in [1.82, 2.24) is 4.90 Å². The molecule has 0 heterocycles. The molecule has 0 saturated carbocycles. The molecule has 0 unspecified atom stereocenters. The zero-order valence-electron chi connectivity index (χ0n) is 23.0. The van der Waals surface area contributed by atoms with Crippen LogP contribution in [-0.2, 0) is 16.1 Å². The van der Waals surface area contributed by atoms with Gasteiger partial charge in [0.15, 0.2) is 0 Å². The zero-order chi connectivity index (χ0) is 27.5. The second-order valence-corrected chi connectivity index (χ2v) is 9.10. The monoisotopic (exact) mass is 515 g/mol. The maximum Gasteiger partial charge on any atom is 0.333 e. The molecule has 0 aliphatic rings. The maximum atomic E-state index is 13.0. The summed E-state index contributed by atoms with van der Waals surface area (Å²) in [6.07, 6.45) is 3.78. The van der Waals surface area contributed by atoms with Gasteiger partial charge in [-0.1, -0.05) is 49.7 Å². The summed E-state index contributed by atoms with van der Waals surface area (Å²) in [6.45, 7) is 7.06. The molecule has 6 heteroatoms. The fraction of sp³-hybridized carbons (Fsp3) is 0.312. The van der Waals surface area contributed by atoms with Crippen molar-refractivity contribution in [2.24, 2.45) is 0 Å². The molecular formula is C32H37NO5. The molecule has 0 fully saturated rings. The molecule has 0 spiro atoms. The van der Waals surface area contributed by atoms with Gasteiger partial charge in [0.05, 0.1) is 20.3 Å². The number of nitrogens with zero attached hydrogens (tertiary/aromatic N) is 1. The lowest BCUT2D eigenvalue weighted by molar-refractivity contribution is -0.138. The van der Waals surface area contributed by atoms with Crippen LogP contribution in [0.2, 0.25) is 0 Å². The number of hydrogen-bond donors (Lipinski definition) is 0. The van der Waals surface area contributed by atoms with E-state index in [0.717, 1.165) is 40.8 Å². The molecule has 0 aromatic heterocycles. The van der Waals surface area contributed by atoms with Crippen LogP contribution in [0, 0.1) is 0 Å². The first kappa shape index (κ1) is 28.5. The molecule has 0 bridgehead atoms. The standard InChI is InChI=1S/C32H37NO5/c1-6-8-17-38-30-20-24(18-23(3)32(35)37-7-2)15-16-29(30)26-12-9-11-25(19-26)22-33(4)31(34)27-13-10-14-28(21-27)36-5/h9-16,18-21H,6-8,17,22H2,1-5H3. The number of amides is 1. The van der Waals surface area contributed by atoms with E-state index in [2.05, 4.69) is 13.0 Å². The molecule has 0 saturated heterocycles. The lowest BCUT2D eigenvalue weighted by Gasteiger charge is -2.19. The molecule has 0 aliphatic carbocycles. The van der Waals surface area contributed by atoms with Gasteiger partial charge in [-0.05, 0) is 73.4 Å². The largest absolute Gasteiger partial charge is 0.497 e. The van der Waals surface area contributed by atoms with Gasteiger partial charge in [-0.2, -0.15) is 0 Å². The van der Waals surface area contributed by atoms with Crippen LogP contribution in [0.25, 0.3) is 17.2 Å². The number of carbonyl (C=O) groups is 2. The minimum absolute atomic E-state index is 0.0778. The van der Waals surface area contributed by atoms with Crippen molar-refractivity contribution < 1.29 is 23.8 Å². The fourth-order valence-electron chi connectivity index (χ4n) is 4.03. The Hall–Kier alpha value is -4.06. The maximum absolute atomic E-state index is 13.0. The number of benzene rings is 3. The average Bonchev–Trinajstić information content (AvgIpc) is 2.93. The van der Waals surface area contributed by atoms with Crippen LogP contribution in [0.15, 0.2) is 72.3 Å². The molecule has 1 amide bonds. The summed E-state index contributed by atoms with van der Waals surface area (Å²) >= 11 is 0. The highest BCUT2D eigenvalue weighted by atomic mass is 16.5. The van der Waals surface area contributed by atoms with Gasteiger partial charge in [-0.3, -0.25) is 4.79 Å². The number of hydrogen-bond acceptors (Lipinski definition) is 5. The molecule has 3 rings (SSSR count). The van der Waals surface area contributed by atoms with E-state index < -0.39 is 0 Å². The van der Waals surface area contributed by atoms with Gasteiger partial charge in [-0.15, -0.1) is 0 Å². The Labute approximate surface area is 225 Å². The van der Waals surface area contributed by atoms with Crippen LogP contribution in [0.3, 0.4) is 0 Å². The molecular weight excluding hydrogens is 478 g/mol. The molecule has 0 radical (unpaired) electrons. The predicted octanol–water partition coefficient (Wildman–Crippen LogP) is 6.78. The highest BCUT2D eigenvalue weighted by Crippen LogP contribution is 2.33. The van der Waals surface area contributed by atoms with E-state index in [1.807, 2.05) is 54.6 Å². The SMILES string of the molecule is CCCCOc1cc(C=C(C)C(=O)OCC)ccc1-c1cccc(CN(C)C(=O)c2cccc(OC)c2)c1. The number of rotatable bonds is 12. The Bertz CT molecular complexity index is 1280. The third kappa shape index (κ3) is 7.72. The van der Waals surface area contributed by atoms with Gasteiger partial charge in [0.25, 0.3) is 5.91 Å². The normalized spacial score (nSPS) is 11.1. The highest BCUT2D eigenvalue weighted by Gasteiger charge is 2.15. The lowest BCUT2D eigenvalue weighted by Crippen LogP contribution is -2.26. The molecule has 0 aliphatic heterocycles. The van der Waals surface area contributed by atoms with Crippen molar-refractivity contribution in [3.8, 4) is 22.6 Å². The van der Waals surface area contributed by atoms with Gasteiger partial charge in [-0.25, -0.2) is 4.79 Å². The second kappa shape index (κ2) is 14.0. The minimum Gasteiger partial charge on any atom is -0.497 e. The molecule has 38 heavy (non-hydrogen) atoms. The molecule has 0 N–H and O–H groups in total. The van der Waals surface area contributed by atoms with Crippen molar-refractivity contribution in [3.63, 3.8) is 0 Å². The highest BCUT2D eigenvalue weighted by molar-refractivity contribution is 5.94. The first-order chi connectivity index (χ1) is 18.4. The lowest BCUT2D eigenvalue weighted by atomic mass is 9.99. The summed E-state index contributed by atoms with van der Waals surface area (Å²) in [6, 6.07) is 21.2. The summed E-state index contributed by atoms with van der Waals surface area (Å²) in [5.41, 5.74) is 4.93.